The first-order chi connectivity index (χ1) is 8.83. The molecule has 2 bridgehead atoms. The summed E-state index contributed by atoms with van der Waals surface area (Å²) in [5, 5.41) is 10.3. The van der Waals surface area contributed by atoms with Crippen molar-refractivity contribution in [1.29, 1.82) is 0 Å². The predicted octanol–water partition coefficient (Wildman–Crippen LogP) is 1.33. The molecule has 4 rings (SSSR count). The topological polar surface area (TPSA) is 36.4 Å². The van der Waals surface area contributed by atoms with Crippen LogP contribution in [0.5, 0.6) is 0 Å². The summed E-state index contributed by atoms with van der Waals surface area (Å²) in [7, 11) is 0. The molecule has 1 N–H and O–H groups in total. The highest BCUT2D eigenvalue weighted by molar-refractivity contribution is 5.13. The average molecular weight is 244 g/mol. The molecule has 3 fully saturated rings. The lowest BCUT2D eigenvalue weighted by Gasteiger charge is -2.28. The van der Waals surface area contributed by atoms with Crippen LogP contribution in [0.1, 0.15) is 18.4 Å². The van der Waals surface area contributed by atoms with Crippen molar-refractivity contribution in [3.05, 3.63) is 30.1 Å². The number of likely N-dealkylation sites (tertiary alicyclic amines) is 1. The van der Waals surface area contributed by atoms with E-state index in [9.17, 15) is 5.11 Å². The molecule has 0 aromatic carbocycles. The van der Waals surface area contributed by atoms with E-state index in [1.54, 1.807) is 0 Å². The van der Waals surface area contributed by atoms with Crippen LogP contribution in [0.15, 0.2) is 24.5 Å². The zero-order valence-electron chi connectivity index (χ0n) is 10.6. The summed E-state index contributed by atoms with van der Waals surface area (Å²) < 4.78 is 0. The predicted molar refractivity (Wildman–Crippen MR) is 69.0 cm³/mol. The molecule has 0 spiro atoms. The fourth-order valence-corrected chi connectivity index (χ4v) is 4.61. The van der Waals surface area contributed by atoms with E-state index in [2.05, 4.69) is 16.0 Å². The van der Waals surface area contributed by atoms with Gasteiger partial charge in [-0.05, 0) is 48.6 Å². The van der Waals surface area contributed by atoms with Crippen molar-refractivity contribution >= 4 is 0 Å². The van der Waals surface area contributed by atoms with Gasteiger partial charge in [0.25, 0.3) is 0 Å². The zero-order chi connectivity index (χ0) is 12.1. The standard InChI is InChI=1S/C15H20N2O/c18-15-11-6-12-9-17(14(15)13(12)7-11)5-3-10-2-1-4-16-8-10/h1-2,4,8,11-15,18H,3,5-7,9H2. The largest absolute Gasteiger partial charge is 0.391 e. The molecule has 3 aliphatic rings. The van der Waals surface area contributed by atoms with Crippen LogP contribution in [-0.2, 0) is 6.42 Å². The summed E-state index contributed by atoms with van der Waals surface area (Å²) >= 11 is 0. The molecule has 5 unspecified atom stereocenters. The number of fused-ring (bicyclic) bond motifs is 1. The van der Waals surface area contributed by atoms with Crippen molar-refractivity contribution in [3.63, 3.8) is 0 Å². The molecule has 1 aromatic rings. The van der Waals surface area contributed by atoms with E-state index in [-0.39, 0.29) is 6.10 Å². The molecule has 3 heteroatoms. The van der Waals surface area contributed by atoms with Gasteiger partial charge in [-0.25, -0.2) is 0 Å². The van der Waals surface area contributed by atoms with Crippen molar-refractivity contribution < 1.29 is 5.11 Å². The molecule has 2 heterocycles. The maximum Gasteiger partial charge on any atom is 0.0726 e. The van der Waals surface area contributed by atoms with Gasteiger partial charge in [-0.2, -0.15) is 0 Å². The van der Waals surface area contributed by atoms with E-state index in [1.165, 1.54) is 24.9 Å². The van der Waals surface area contributed by atoms with Gasteiger partial charge < -0.3 is 5.11 Å². The quantitative estimate of drug-likeness (QED) is 0.871. The monoisotopic (exact) mass is 244 g/mol. The first-order valence-electron chi connectivity index (χ1n) is 7.14. The molecule has 2 saturated carbocycles. The van der Waals surface area contributed by atoms with E-state index in [0.29, 0.717) is 12.0 Å². The molecule has 96 valence electrons. The minimum atomic E-state index is -0.0531. The van der Waals surface area contributed by atoms with Crippen LogP contribution >= 0.6 is 0 Å². The van der Waals surface area contributed by atoms with Gasteiger partial charge in [-0.1, -0.05) is 6.07 Å². The number of aromatic nitrogens is 1. The summed E-state index contributed by atoms with van der Waals surface area (Å²) in [6, 6.07) is 4.61. The Morgan fingerprint density at radius 2 is 2.28 bits per heavy atom. The van der Waals surface area contributed by atoms with Crippen molar-refractivity contribution in [2.24, 2.45) is 17.8 Å². The van der Waals surface area contributed by atoms with Crippen LogP contribution in [0.4, 0.5) is 0 Å². The second kappa shape index (κ2) is 4.04. The third-order valence-electron chi connectivity index (χ3n) is 5.36. The number of aliphatic hydroxyl groups is 1. The molecule has 1 aliphatic heterocycles. The van der Waals surface area contributed by atoms with E-state index in [1.807, 2.05) is 18.5 Å². The van der Waals surface area contributed by atoms with Gasteiger partial charge in [-0.3, -0.25) is 9.88 Å². The second-order valence-electron chi connectivity index (χ2n) is 6.24. The highest BCUT2D eigenvalue weighted by atomic mass is 16.3. The molecular formula is C15H20N2O. The lowest BCUT2D eigenvalue weighted by atomic mass is 9.88. The number of aliphatic hydroxyl groups excluding tert-OH is 1. The molecule has 1 saturated heterocycles. The van der Waals surface area contributed by atoms with Gasteiger partial charge in [0.05, 0.1) is 6.10 Å². The number of pyridine rings is 1. The fourth-order valence-electron chi connectivity index (χ4n) is 4.61. The highest BCUT2D eigenvalue weighted by Crippen LogP contribution is 2.54. The normalized spacial score (nSPS) is 41.7. The van der Waals surface area contributed by atoms with Crippen LogP contribution in [0.3, 0.4) is 0 Å². The van der Waals surface area contributed by atoms with Crippen LogP contribution in [0.25, 0.3) is 0 Å². The smallest absolute Gasteiger partial charge is 0.0726 e. The van der Waals surface area contributed by atoms with Crippen LogP contribution in [0.2, 0.25) is 0 Å². The Morgan fingerprint density at radius 1 is 1.33 bits per heavy atom. The minimum absolute atomic E-state index is 0.0531. The first-order valence-corrected chi connectivity index (χ1v) is 7.14. The molecule has 2 aliphatic carbocycles. The van der Waals surface area contributed by atoms with Crippen LogP contribution in [0, 0.1) is 17.8 Å². The summed E-state index contributed by atoms with van der Waals surface area (Å²) in [6.07, 6.45) is 7.33. The zero-order valence-corrected chi connectivity index (χ0v) is 10.6. The van der Waals surface area contributed by atoms with Crippen LogP contribution in [-0.4, -0.2) is 40.2 Å². The summed E-state index contributed by atoms with van der Waals surface area (Å²) in [5.74, 6) is 2.27. The maximum atomic E-state index is 10.3. The van der Waals surface area contributed by atoms with E-state index >= 15 is 0 Å². The van der Waals surface area contributed by atoms with E-state index in [0.717, 1.165) is 24.8 Å². The molecule has 0 radical (unpaired) electrons. The van der Waals surface area contributed by atoms with Crippen molar-refractivity contribution in [3.8, 4) is 0 Å². The Hall–Kier alpha value is -0.930. The van der Waals surface area contributed by atoms with E-state index in [4.69, 9.17) is 0 Å². The van der Waals surface area contributed by atoms with Gasteiger partial charge in [-0.15, -0.1) is 0 Å². The third kappa shape index (κ3) is 1.54. The highest BCUT2D eigenvalue weighted by Gasteiger charge is 2.58. The van der Waals surface area contributed by atoms with Crippen molar-refractivity contribution in [2.75, 3.05) is 13.1 Å². The van der Waals surface area contributed by atoms with Crippen molar-refractivity contribution in [2.45, 2.75) is 31.4 Å². The Balaban J connectivity index is 1.44. The number of nitrogens with zero attached hydrogens (tertiary/aromatic N) is 2. The van der Waals surface area contributed by atoms with Crippen LogP contribution < -0.4 is 0 Å². The van der Waals surface area contributed by atoms with Gasteiger partial charge in [0.2, 0.25) is 0 Å². The number of hydrogen-bond acceptors (Lipinski definition) is 3. The Kier molecular flexibility index (Phi) is 2.45. The lowest BCUT2D eigenvalue weighted by Crippen LogP contribution is -2.41. The second-order valence-corrected chi connectivity index (χ2v) is 6.24. The lowest BCUT2D eigenvalue weighted by molar-refractivity contribution is 0.0514. The summed E-state index contributed by atoms with van der Waals surface area (Å²) in [6.45, 7) is 2.29. The minimum Gasteiger partial charge on any atom is -0.391 e. The summed E-state index contributed by atoms with van der Waals surface area (Å²) in [4.78, 5) is 6.71. The molecular weight excluding hydrogens is 224 g/mol. The Morgan fingerprint density at radius 3 is 3.06 bits per heavy atom. The molecule has 0 amide bonds. The third-order valence-corrected chi connectivity index (χ3v) is 5.36. The van der Waals surface area contributed by atoms with Gasteiger partial charge in [0.15, 0.2) is 0 Å². The SMILES string of the molecule is OC1C2CC3CN(CCc4cccnc4)C1C3C2. The number of hydrogen-bond donors (Lipinski definition) is 1. The van der Waals surface area contributed by atoms with Gasteiger partial charge in [0.1, 0.15) is 0 Å². The molecule has 5 atom stereocenters. The van der Waals surface area contributed by atoms with Gasteiger partial charge >= 0.3 is 0 Å². The average Bonchev–Trinajstić information content (AvgIpc) is 2.99. The van der Waals surface area contributed by atoms with E-state index < -0.39 is 0 Å². The first kappa shape index (κ1) is 10.9. The maximum absolute atomic E-state index is 10.3. The Bertz CT molecular complexity index is 433. The van der Waals surface area contributed by atoms with Crippen molar-refractivity contribution in [1.82, 2.24) is 9.88 Å². The fraction of sp³-hybridized carbons (Fsp3) is 0.667. The summed E-state index contributed by atoms with van der Waals surface area (Å²) in [5.41, 5.74) is 1.31. The van der Waals surface area contributed by atoms with Gasteiger partial charge in [0, 0.05) is 31.5 Å². The number of rotatable bonds is 3. The molecule has 1 aromatic heterocycles. The Labute approximate surface area is 108 Å². The molecule has 18 heavy (non-hydrogen) atoms. The molecule has 3 nitrogen and oxygen atoms in total.